The average Bonchev–Trinajstić information content (AvgIpc) is 2.40. The second-order valence-electron chi connectivity index (χ2n) is 4.26. The second-order valence-corrected chi connectivity index (χ2v) is 5.91. The largest absolute Gasteiger partial charge is 0.416 e. The number of anilines is 1. The van der Waals surface area contributed by atoms with Gasteiger partial charge in [0.05, 0.1) is 5.56 Å². The predicted octanol–water partition coefficient (Wildman–Crippen LogP) is 3.78. The molecule has 2 aromatic rings. The van der Waals surface area contributed by atoms with Crippen LogP contribution in [0.1, 0.15) is 5.56 Å². The molecule has 0 fully saturated rings. The van der Waals surface area contributed by atoms with Crippen LogP contribution in [0.4, 0.5) is 27.6 Å². The molecule has 0 radical (unpaired) electrons. The minimum atomic E-state index is -4.56. The lowest BCUT2D eigenvalue weighted by Gasteiger charge is -2.11. The van der Waals surface area contributed by atoms with Gasteiger partial charge < -0.3 is 0 Å². The van der Waals surface area contributed by atoms with Crippen molar-refractivity contribution in [1.29, 1.82) is 0 Å². The van der Waals surface area contributed by atoms with Crippen molar-refractivity contribution in [2.24, 2.45) is 0 Å². The number of hydrogen-bond acceptors (Lipinski definition) is 2. The Labute approximate surface area is 122 Å². The maximum atomic E-state index is 13.5. The Morgan fingerprint density at radius 2 is 1.50 bits per heavy atom. The number of benzene rings is 2. The summed E-state index contributed by atoms with van der Waals surface area (Å²) in [6.07, 6.45) is -4.56. The minimum absolute atomic E-state index is 0.211. The monoisotopic (exact) mass is 337 g/mol. The molecule has 0 saturated carbocycles. The summed E-state index contributed by atoms with van der Waals surface area (Å²) < 4.78 is 89.4. The first-order chi connectivity index (χ1) is 10.1. The SMILES string of the molecule is O=S(=O)(Nc1ccc(C(F)(F)F)cc1)c1cc(F)ccc1F. The predicted molar refractivity (Wildman–Crippen MR) is 68.6 cm³/mol. The first kappa shape index (κ1) is 16.2. The Morgan fingerprint density at radius 3 is 2.05 bits per heavy atom. The van der Waals surface area contributed by atoms with Crippen LogP contribution in [0.3, 0.4) is 0 Å². The Balaban J connectivity index is 2.31. The maximum Gasteiger partial charge on any atom is 0.416 e. The highest BCUT2D eigenvalue weighted by Gasteiger charge is 2.30. The van der Waals surface area contributed by atoms with E-state index < -0.39 is 38.3 Å². The van der Waals surface area contributed by atoms with E-state index in [1.807, 2.05) is 4.72 Å². The van der Waals surface area contributed by atoms with Crippen LogP contribution in [0.25, 0.3) is 0 Å². The zero-order valence-corrected chi connectivity index (χ0v) is 11.5. The second kappa shape index (κ2) is 5.56. The quantitative estimate of drug-likeness (QED) is 0.867. The van der Waals surface area contributed by atoms with Gasteiger partial charge in [-0.15, -0.1) is 0 Å². The molecule has 0 aromatic heterocycles. The van der Waals surface area contributed by atoms with Crippen LogP contribution >= 0.6 is 0 Å². The lowest BCUT2D eigenvalue weighted by atomic mass is 10.2. The molecule has 0 aliphatic rings. The molecule has 0 atom stereocenters. The Bertz CT molecular complexity index is 785. The molecule has 0 bridgehead atoms. The summed E-state index contributed by atoms with van der Waals surface area (Å²) in [5, 5.41) is 0. The summed E-state index contributed by atoms with van der Waals surface area (Å²) in [7, 11) is -4.46. The lowest BCUT2D eigenvalue weighted by Crippen LogP contribution is -2.15. The molecule has 0 unspecified atom stereocenters. The van der Waals surface area contributed by atoms with Gasteiger partial charge in [0, 0.05) is 5.69 Å². The van der Waals surface area contributed by atoms with Gasteiger partial charge >= 0.3 is 6.18 Å². The van der Waals surface area contributed by atoms with Crippen LogP contribution in [-0.2, 0) is 16.2 Å². The Kier molecular flexibility index (Phi) is 4.10. The van der Waals surface area contributed by atoms with Gasteiger partial charge in [-0.25, -0.2) is 17.2 Å². The molecule has 2 rings (SSSR count). The van der Waals surface area contributed by atoms with Crippen molar-refractivity contribution in [2.75, 3.05) is 4.72 Å². The zero-order valence-electron chi connectivity index (χ0n) is 10.7. The number of halogens is 5. The van der Waals surface area contributed by atoms with Crippen LogP contribution in [-0.4, -0.2) is 8.42 Å². The molecular weight excluding hydrogens is 329 g/mol. The summed E-state index contributed by atoms with van der Waals surface area (Å²) in [5.41, 5.74) is -1.18. The first-order valence-corrected chi connectivity index (χ1v) is 7.23. The summed E-state index contributed by atoms with van der Waals surface area (Å²) in [4.78, 5) is -0.938. The van der Waals surface area contributed by atoms with E-state index in [2.05, 4.69) is 0 Å². The molecular formula is C13H8F5NO2S. The van der Waals surface area contributed by atoms with Crippen molar-refractivity contribution in [1.82, 2.24) is 0 Å². The molecule has 0 saturated heterocycles. The van der Waals surface area contributed by atoms with E-state index in [0.29, 0.717) is 24.3 Å². The van der Waals surface area contributed by atoms with E-state index in [1.165, 1.54) is 0 Å². The first-order valence-electron chi connectivity index (χ1n) is 5.75. The number of alkyl halides is 3. The zero-order chi connectivity index (χ0) is 16.5. The standard InChI is InChI=1S/C13H8F5NO2S/c14-9-3-6-11(15)12(7-9)22(20,21)19-10-4-1-8(2-5-10)13(16,17)18/h1-7,19H. The fraction of sp³-hybridized carbons (Fsp3) is 0.0769. The molecule has 0 aliphatic heterocycles. The molecule has 0 amide bonds. The molecule has 0 heterocycles. The van der Waals surface area contributed by atoms with E-state index in [0.717, 1.165) is 18.2 Å². The summed E-state index contributed by atoms with van der Waals surface area (Å²) in [6, 6.07) is 4.93. The van der Waals surface area contributed by atoms with Gasteiger partial charge in [0.2, 0.25) is 0 Å². The normalized spacial score (nSPS) is 12.2. The van der Waals surface area contributed by atoms with Gasteiger partial charge in [0.25, 0.3) is 10.0 Å². The molecule has 118 valence electrons. The van der Waals surface area contributed by atoms with Crippen LogP contribution in [0.2, 0.25) is 0 Å². The highest BCUT2D eigenvalue weighted by molar-refractivity contribution is 7.92. The highest BCUT2D eigenvalue weighted by Crippen LogP contribution is 2.30. The smallest absolute Gasteiger partial charge is 0.280 e. The van der Waals surface area contributed by atoms with Crippen molar-refractivity contribution >= 4 is 15.7 Å². The summed E-state index contributed by atoms with van der Waals surface area (Å²) >= 11 is 0. The third kappa shape index (κ3) is 3.53. The summed E-state index contributed by atoms with van der Waals surface area (Å²) in [6.45, 7) is 0. The van der Waals surface area contributed by atoms with E-state index in [1.54, 1.807) is 0 Å². The van der Waals surface area contributed by atoms with E-state index in [9.17, 15) is 30.4 Å². The number of hydrogen-bond donors (Lipinski definition) is 1. The maximum absolute atomic E-state index is 13.5. The number of rotatable bonds is 3. The topological polar surface area (TPSA) is 46.2 Å². The van der Waals surface area contributed by atoms with Gasteiger partial charge in [-0.1, -0.05) is 0 Å². The molecule has 0 aliphatic carbocycles. The van der Waals surface area contributed by atoms with Gasteiger partial charge in [-0.05, 0) is 42.5 Å². The molecule has 1 N–H and O–H groups in total. The number of nitrogens with one attached hydrogen (secondary N) is 1. The van der Waals surface area contributed by atoms with E-state index in [-0.39, 0.29) is 5.69 Å². The summed E-state index contributed by atoms with van der Waals surface area (Å²) in [5.74, 6) is -2.14. The van der Waals surface area contributed by atoms with Crippen molar-refractivity contribution < 1.29 is 30.4 Å². The van der Waals surface area contributed by atoms with Gasteiger partial charge in [0.1, 0.15) is 16.5 Å². The van der Waals surface area contributed by atoms with Crippen LogP contribution in [0.15, 0.2) is 47.4 Å². The minimum Gasteiger partial charge on any atom is -0.280 e. The fourth-order valence-electron chi connectivity index (χ4n) is 1.62. The van der Waals surface area contributed by atoms with E-state index >= 15 is 0 Å². The molecule has 22 heavy (non-hydrogen) atoms. The molecule has 2 aromatic carbocycles. The van der Waals surface area contributed by atoms with Crippen molar-refractivity contribution in [3.05, 3.63) is 59.7 Å². The Hall–Kier alpha value is -2.16. The Morgan fingerprint density at radius 1 is 0.909 bits per heavy atom. The highest BCUT2D eigenvalue weighted by atomic mass is 32.2. The lowest BCUT2D eigenvalue weighted by molar-refractivity contribution is -0.137. The van der Waals surface area contributed by atoms with Gasteiger partial charge in [-0.2, -0.15) is 13.2 Å². The molecule has 3 nitrogen and oxygen atoms in total. The fourth-order valence-corrected chi connectivity index (χ4v) is 2.77. The number of sulfonamides is 1. The van der Waals surface area contributed by atoms with Gasteiger partial charge in [-0.3, -0.25) is 4.72 Å². The van der Waals surface area contributed by atoms with Crippen LogP contribution in [0.5, 0.6) is 0 Å². The molecule has 0 spiro atoms. The third-order valence-electron chi connectivity index (χ3n) is 2.65. The van der Waals surface area contributed by atoms with Crippen molar-refractivity contribution in [3.63, 3.8) is 0 Å². The molecule has 9 heteroatoms. The average molecular weight is 337 g/mol. The third-order valence-corrected chi connectivity index (χ3v) is 4.04. The van der Waals surface area contributed by atoms with Crippen LogP contribution < -0.4 is 4.72 Å². The van der Waals surface area contributed by atoms with Crippen LogP contribution in [0, 0.1) is 11.6 Å². The van der Waals surface area contributed by atoms with Crippen molar-refractivity contribution in [2.45, 2.75) is 11.1 Å². The van der Waals surface area contributed by atoms with E-state index in [4.69, 9.17) is 0 Å². The van der Waals surface area contributed by atoms with Crippen molar-refractivity contribution in [3.8, 4) is 0 Å². The van der Waals surface area contributed by atoms with Gasteiger partial charge in [0.15, 0.2) is 0 Å².